The Hall–Kier alpha value is -1.88. The van der Waals surface area contributed by atoms with Crippen LogP contribution in [0.2, 0.25) is 0 Å². The van der Waals surface area contributed by atoms with Crippen LogP contribution in [0.4, 0.5) is 4.39 Å². The molecule has 0 fully saturated rings. The van der Waals surface area contributed by atoms with E-state index < -0.39 is 0 Å². The van der Waals surface area contributed by atoms with Gasteiger partial charge in [-0.25, -0.2) is 4.39 Å². The standard InChI is InChI=1S/C16H15BrFNO2/c1-19(9-10-21-13-5-3-2-4-6-13)16(20)14-8-7-12(18)11-15(14)17/h2-8,11H,9-10H2,1H3. The molecular weight excluding hydrogens is 337 g/mol. The van der Waals surface area contributed by atoms with Crippen LogP contribution in [0, 0.1) is 5.82 Å². The Balaban J connectivity index is 1.90. The number of para-hydroxylation sites is 1. The summed E-state index contributed by atoms with van der Waals surface area (Å²) >= 11 is 3.20. The minimum Gasteiger partial charge on any atom is -0.492 e. The molecule has 0 aliphatic carbocycles. The number of carbonyl (C=O) groups is 1. The van der Waals surface area contributed by atoms with Gasteiger partial charge in [-0.15, -0.1) is 0 Å². The highest BCUT2D eigenvalue weighted by Gasteiger charge is 2.15. The third-order valence-corrected chi connectivity index (χ3v) is 3.60. The van der Waals surface area contributed by atoms with Crippen LogP contribution in [-0.2, 0) is 0 Å². The van der Waals surface area contributed by atoms with E-state index in [4.69, 9.17) is 4.74 Å². The Morgan fingerprint density at radius 1 is 1.24 bits per heavy atom. The first-order valence-corrected chi connectivity index (χ1v) is 7.25. The maximum absolute atomic E-state index is 13.0. The van der Waals surface area contributed by atoms with E-state index in [9.17, 15) is 9.18 Å². The second-order valence-electron chi connectivity index (χ2n) is 4.51. The van der Waals surface area contributed by atoms with Crippen molar-refractivity contribution in [2.45, 2.75) is 0 Å². The molecule has 21 heavy (non-hydrogen) atoms. The number of halogens is 2. The normalized spacial score (nSPS) is 10.2. The van der Waals surface area contributed by atoms with Gasteiger partial charge < -0.3 is 9.64 Å². The van der Waals surface area contributed by atoms with E-state index in [1.54, 1.807) is 11.9 Å². The van der Waals surface area contributed by atoms with Gasteiger partial charge in [0.2, 0.25) is 0 Å². The van der Waals surface area contributed by atoms with E-state index in [1.807, 2.05) is 30.3 Å². The number of rotatable bonds is 5. The molecule has 0 saturated carbocycles. The predicted octanol–water partition coefficient (Wildman–Crippen LogP) is 3.74. The topological polar surface area (TPSA) is 29.5 Å². The summed E-state index contributed by atoms with van der Waals surface area (Å²) in [7, 11) is 1.69. The molecule has 1 amide bonds. The van der Waals surface area contributed by atoms with Crippen LogP contribution >= 0.6 is 15.9 Å². The molecule has 0 atom stereocenters. The summed E-state index contributed by atoms with van der Waals surface area (Å²) in [5, 5.41) is 0. The van der Waals surface area contributed by atoms with Gasteiger partial charge in [0.05, 0.1) is 12.1 Å². The Bertz CT molecular complexity index is 619. The first kappa shape index (κ1) is 15.5. The average Bonchev–Trinajstić information content (AvgIpc) is 2.47. The van der Waals surface area contributed by atoms with Gasteiger partial charge in [-0.3, -0.25) is 4.79 Å². The maximum Gasteiger partial charge on any atom is 0.254 e. The molecular formula is C16H15BrFNO2. The molecule has 2 aromatic carbocycles. The van der Waals surface area contributed by atoms with Crippen LogP contribution in [-0.4, -0.2) is 31.0 Å². The highest BCUT2D eigenvalue weighted by Crippen LogP contribution is 2.19. The number of benzene rings is 2. The predicted molar refractivity (Wildman–Crippen MR) is 83.0 cm³/mol. The van der Waals surface area contributed by atoms with Gasteiger partial charge in [0.15, 0.2) is 0 Å². The lowest BCUT2D eigenvalue weighted by Gasteiger charge is -2.18. The summed E-state index contributed by atoms with van der Waals surface area (Å²) < 4.78 is 19.0. The first-order chi connectivity index (χ1) is 10.1. The summed E-state index contributed by atoms with van der Waals surface area (Å²) in [5.41, 5.74) is 0.429. The number of hydrogen-bond acceptors (Lipinski definition) is 2. The minimum absolute atomic E-state index is 0.182. The third-order valence-electron chi connectivity index (χ3n) is 2.95. The second-order valence-corrected chi connectivity index (χ2v) is 5.37. The lowest BCUT2D eigenvalue weighted by Crippen LogP contribution is -2.31. The summed E-state index contributed by atoms with van der Waals surface area (Å²) in [6.45, 7) is 0.836. The molecule has 0 spiro atoms. The van der Waals surface area contributed by atoms with Crippen molar-refractivity contribution in [2.75, 3.05) is 20.2 Å². The van der Waals surface area contributed by atoms with Crippen LogP contribution < -0.4 is 4.74 Å². The van der Waals surface area contributed by atoms with Crippen LogP contribution in [0.15, 0.2) is 53.0 Å². The number of ether oxygens (including phenoxy) is 1. The zero-order chi connectivity index (χ0) is 15.2. The van der Waals surface area contributed by atoms with E-state index in [1.165, 1.54) is 18.2 Å². The fraction of sp³-hybridized carbons (Fsp3) is 0.188. The van der Waals surface area contributed by atoms with Crippen molar-refractivity contribution in [2.24, 2.45) is 0 Å². The van der Waals surface area contributed by atoms with E-state index in [0.717, 1.165) is 5.75 Å². The highest BCUT2D eigenvalue weighted by atomic mass is 79.9. The molecule has 0 saturated heterocycles. The molecule has 0 heterocycles. The van der Waals surface area contributed by atoms with Crippen molar-refractivity contribution >= 4 is 21.8 Å². The fourth-order valence-corrected chi connectivity index (χ4v) is 2.31. The van der Waals surface area contributed by atoms with Gasteiger partial charge in [0.1, 0.15) is 18.2 Å². The zero-order valence-corrected chi connectivity index (χ0v) is 13.1. The van der Waals surface area contributed by atoms with Gasteiger partial charge in [-0.05, 0) is 46.3 Å². The molecule has 3 nitrogen and oxygen atoms in total. The molecule has 0 aromatic heterocycles. The summed E-state index contributed by atoms with van der Waals surface area (Å²) in [6, 6.07) is 13.4. The smallest absolute Gasteiger partial charge is 0.254 e. The number of likely N-dealkylation sites (N-methyl/N-ethyl adjacent to an activating group) is 1. The second kappa shape index (κ2) is 7.22. The summed E-state index contributed by atoms with van der Waals surface area (Å²) in [6.07, 6.45) is 0. The zero-order valence-electron chi connectivity index (χ0n) is 11.6. The molecule has 5 heteroatoms. The van der Waals surface area contributed by atoms with Crippen LogP contribution in [0.3, 0.4) is 0 Å². The highest BCUT2D eigenvalue weighted by molar-refractivity contribution is 9.10. The van der Waals surface area contributed by atoms with Crippen molar-refractivity contribution in [3.63, 3.8) is 0 Å². The van der Waals surface area contributed by atoms with E-state index in [2.05, 4.69) is 15.9 Å². The van der Waals surface area contributed by atoms with Crippen molar-refractivity contribution in [1.29, 1.82) is 0 Å². The maximum atomic E-state index is 13.0. The quantitative estimate of drug-likeness (QED) is 0.821. The average molecular weight is 352 g/mol. The SMILES string of the molecule is CN(CCOc1ccccc1)C(=O)c1ccc(F)cc1Br. The number of amides is 1. The van der Waals surface area contributed by atoms with Crippen LogP contribution in [0.1, 0.15) is 10.4 Å². The molecule has 0 radical (unpaired) electrons. The van der Waals surface area contributed by atoms with Crippen molar-refractivity contribution in [3.8, 4) is 5.75 Å². The first-order valence-electron chi connectivity index (χ1n) is 6.46. The summed E-state index contributed by atoms with van der Waals surface area (Å²) in [5.74, 6) is 0.202. The molecule has 2 aromatic rings. The molecule has 110 valence electrons. The van der Waals surface area contributed by atoms with Crippen LogP contribution in [0.5, 0.6) is 5.75 Å². The lowest BCUT2D eigenvalue weighted by molar-refractivity contribution is 0.0773. The number of carbonyl (C=O) groups excluding carboxylic acids is 1. The minimum atomic E-state index is -0.381. The van der Waals surface area contributed by atoms with Gasteiger partial charge in [0.25, 0.3) is 5.91 Å². The van der Waals surface area contributed by atoms with Gasteiger partial charge in [-0.2, -0.15) is 0 Å². The van der Waals surface area contributed by atoms with E-state index in [0.29, 0.717) is 23.2 Å². The molecule has 0 N–H and O–H groups in total. The third kappa shape index (κ3) is 4.29. The van der Waals surface area contributed by atoms with Gasteiger partial charge in [-0.1, -0.05) is 18.2 Å². The van der Waals surface area contributed by atoms with E-state index >= 15 is 0 Å². The fourth-order valence-electron chi connectivity index (χ4n) is 1.79. The Morgan fingerprint density at radius 3 is 2.62 bits per heavy atom. The number of hydrogen-bond donors (Lipinski definition) is 0. The molecule has 0 aliphatic heterocycles. The number of nitrogens with zero attached hydrogens (tertiary/aromatic N) is 1. The van der Waals surface area contributed by atoms with Crippen molar-refractivity contribution in [3.05, 3.63) is 64.4 Å². The Kier molecular flexibility index (Phi) is 5.33. The van der Waals surface area contributed by atoms with Gasteiger partial charge >= 0.3 is 0 Å². The van der Waals surface area contributed by atoms with Crippen molar-refractivity contribution < 1.29 is 13.9 Å². The lowest BCUT2D eigenvalue weighted by atomic mass is 10.2. The van der Waals surface area contributed by atoms with E-state index in [-0.39, 0.29) is 11.7 Å². The van der Waals surface area contributed by atoms with Crippen molar-refractivity contribution in [1.82, 2.24) is 4.90 Å². The summed E-state index contributed by atoms with van der Waals surface area (Å²) in [4.78, 5) is 13.8. The Labute approximate surface area is 131 Å². The molecule has 0 unspecified atom stereocenters. The largest absolute Gasteiger partial charge is 0.492 e. The van der Waals surface area contributed by atoms with Crippen LogP contribution in [0.25, 0.3) is 0 Å². The molecule has 0 aliphatic rings. The van der Waals surface area contributed by atoms with Gasteiger partial charge in [0, 0.05) is 11.5 Å². The Morgan fingerprint density at radius 2 is 1.95 bits per heavy atom. The molecule has 2 rings (SSSR count). The monoisotopic (exact) mass is 351 g/mol. The molecule has 0 bridgehead atoms.